The third-order valence-corrected chi connectivity index (χ3v) is 3.34. The molecule has 0 atom stereocenters. The Balaban J connectivity index is 2.38. The second kappa shape index (κ2) is 5.49. The lowest BCUT2D eigenvalue weighted by molar-refractivity contribution is 0.0580. The highest BCUT2D eigenvalue weighted by Gasteiger charge is 2.27. The lowest BCUT2D eigenvalue weighted by Gasteiger charge is -2.27. The first-order chi connectivity index (χ1) is 9.28. The van der Waals surface area contributed by atoms with Gasteiger partial charge in [-0.1, -0.05) is 18.2 Å². The van der Waals surface area contributed by atoms with E-state index in [1.165, 1.54) is 0 Å². The Hall–Kier alpha value is -1.48. The number of ether oxygens (including phenoxy) is 1. The zero-order valence-electron chi connectivity index (χ0n) is 12.2. The Morgan fingerprint density at radius 2 is 2.10 bits per heavy atom. The normalized spacial score (nSPS) is 15.6. The third kappa shape index (κ3) is 3.34. The second-order valence-electron chi connectivity index (χ2n) is 6.00. The number of rotatable bonds is 0. The first-order valence-electron chi connectivity index (χ1n) is 6.76. The molecule has 0 aliphatic carbocycles. The summed E-state index contributed by atoms with van der Waals surface area (Å²) < 4.78 is 5.48. The van der Waals surface area contributed by atoms with E-state index in [1.807, 2.05) is 32.9 Å². The summed E-state index contributed by atoms with van der Waals surface area (Å²) in [5.41, 5.74) is 2.26. The Bertz CT molecular complexity index is 546. The van der Waals surface area contributed by atoms with E-state index in [0.717, 1.165) is 29.7 Å². The average Bonchev–Trinajstić information content (AvgIpc) is 2.47. The van der Waals surface area contributed by atoms with Crippen molar-refractivity contribution in [2.45, 2.75) is 39.2 Å². The molecule has 0 radical (unpaired) electrons. The first-order valence-corrected chi connectivity index (χ1v) is 7.14. The average molecular weight is 294 g/mol. The minimum Gasteiger partial charge on any atom is -0.443 e. The highest BCUT2D eigenvalue weighted by molar-refractivity contribution is 6.31. The van der Waals surface area contributed by atoms with Crippen LogP contribution in [0.5, 0.6) is 0 Å². The molecule has 1 amide bonds. The van der Waals surface area contributed by atoms with Gasteiger partial charge < -0.3 is 4.74 Å². The molecule has 3 nitrogen and oxygen atoms in total. The molecular weight excluding hydrogens is 274 g/mol. The number of halogens is 1. The van der Waals surface area contributed by atoms with E-state index in [0.29, 0.717) is 11.6 Å². The monoisotopic (exact) mass is 293 g/mol. The van der Waals surface area contributed by atoms with Gasteiger partial charge in [-0.05, 0) is 57.4 Å². The molecule has 0 fully saturated rings. The molecule has 0 N–H and O–H groups in total. The largest absolute Gasteiger partial charge is 0.443 e. The number of anilines is 1. The second-order valence-corrected chi connectivity index (χ2v) is 6.44. The number of nitrogens with zero attached hydrogens (tertiary/aromatic N) is 1. The van der Waals surface area contributed by atoms with E-state index in [4.69, 9.17) is 16.3 Å². The number of fused-ring (bicyclic) bond motifs is 1. The van der Waals surface area contributed by atoms with E-state index in [-0.39, 0.29) is 6.09 Å². The van der Waals surface area contributed by atoms with Crippen molar-refractivity contribution in [3.8, 4) is 0 Å². The van der Waals surface area contributed by atoms with Crippen molar-refractivity contribution in [2.24, 2.45) is 0 Å². The van der Waals surface area contributed by atoms with Crippen LogP contribution in [-0.2, 0) is 4.74 Å². The molecule has 0 spiro atoms. The van der Waals surface area contributed by atoms with Crippen molar-refractivity contribution >= 4 is 29.0 Å². The standard InChI is InChI=1S/C16H20ClNO2/c1-11-6-5-9-18(15(19)20-16(2,3)4)14-8-7-12(17)10-13(11)14/h7-8,10H,1,5-6,9H2,2-4H3. The van der Waals surface area contributed by atoms with Crippen LogP contribution in [0, 0.1) is 0 Å². The van der Waals surface area contributed by atoms with Gasteiger partial charge in [-0.3, -0.25) is 4.90 Å². The van der Waals surface area contributed by atoms with E-state index >= 15 is 0 Å². The number of amides is 1. The fourth-order valence-corrected chi connectivity index (χ4v) is 2.41. The van der Waals surface area contributed by atoms with Crippen LogP contribution < -0.4 is 4.90 Å². The molecule has 0 saturated heterocycles. The Morgan fingerprint density at radius 1 is 1.40 bits per heavy atom. The molecule has 1 aliphatic rings. The minimum absolute atomic E-state index is 0.323. The van der Waals surface area contributed by atoms with Crippen LogP contribution in [0.25, 0.3) is 5.57 Å². The maximum absolute atomic E-state index is 12.4. The highest BCUT2D eigenvalue weighted by atomic mass is 35.5. The van der Waals surface area contributed by atoms with Crippen LogP contribution >= 0.6 is 11.6 Å². The molecule has 0 saturated carbocycles. The van der Waals surface area contributed by atoms with E-state index in [2.05, 4.69) is 6.58 Å². The van der Waals surface area contributed by atoms with Crippen LogP contribution in [0.1, 0.15) is 39.2 Å². The topological polar surface area (TPSA) is 29.5 Å². The number of hydrogen-bond donors (Lipinski definition) is 0. The molecule has 1 heterocycles. The molecule has 4 heteroatoms. The summed E-state index contributed by atoms with van der Waals surface area (Å²) in [7, 11) is 0. The van der Waals surface area contributed by atoms with Gasteiger partial charge in [0.15, 0.2) is 0 Å². The summed E-state index contributed by atoms with van der Waals surface area (Å²) in [4.78, 5) is 14.0. The number of allylic oxidation sites excluding steroid dienone is 1. The molecule has 2 rings (SSSR count). The SMILES string of the molecule is C=C1CCCN(C(=O)OC(C)(C)C)c2ccc(Cl)cc21. The lowest BCUT2D eigenvalue weighted by atomic mass is 10.0. The Labute approximate surface area is 125 Å². The maximum atomic E-state index is 12.4. The Kier molecular flexibility index (Phi) is 4.09. The predicted octanol–water partition coefficient (Wildman–Crippen LogP) is 4.89. The Morgan fingerprint density at radius 3 is 2.75 bits per heavy atom. The fourth-order valence-electron chi connectivity index (χ4n) is 2.24. The van der Waals surface area contributed by atoms with Gasteiger partial charge in [0.2, 0.25) is 0 Å². The van der Waals surface area contributed by atoms with Crippen molar-refractivity contribution in [2.75, 3.05) is 11.4 Å². The van der Waals surface area contributed by atoms with E-state index in [1.54, 1.807) is 11.0 Å². The van der Waals surface area contributed by atoms with Crippen molar-refractivity contribution in [3.05, 3.63) is 35.4 Å². The minimum atomic E-state index is -0.507. The molecule has 108 valence electrons. The van der Waals surface area contributed by atoms with Crippen LogP contribution in [-0.4, -0.2) is 18.2 Å². The molecular formula is C16H20ClNO2. The van der Waals surface area contributed by atoms with Crippen molar-refractivity contribution in [1.82, 2.24) is 0 Å². The third-order valence-electron chi connectivity index (χ3n) is 3.10. The molecule has 0 bridgehead atoms. The maximum Gasteiger partial charge on any atom is 0.414 e. The van der Waals surface area contributed by atoms with E-state index in [9.17, 15) is 4.79 Å². The number of hydrogen-bond acceptors (Lipinski definition) is 2. The molecule has 0 unspecified atom stereocenters. The van der Waals surface area contributed by atoms with Crippen LogP contribution in [0.15, 0.2) is 24.8 Å². The van der Waals surface area contributed by atoms with Gasteiger partial charge in [0, 0.05) is 17.1 Å². The lowest BCUT2D eigenvalue weighted by Crippen LogP contribution is -2.37. The number of carbonyl (C=O) groups is 1. The summed E-state index contributed by atoms with van der Waals surface area (Å²) in [6.45, 7) is 10.3. The molecule has 20 heavy (non-hydrogen) atoms. The van der Waals surface area contributed by atoms with Gasteiger partial charge in [-0.25, -0.2) is 4.79 Å². The van der Waals surface area contributed by atoms with Crippen molar-refractivity contribution in [1.29, 1.82) is 0 Å². The summed E-state index contributed by atoms with van der Waals surface area (Å²) in [6, 6.07) is 5.51. The predicted molar refractivity (Wildman–Crippen MR) is 83.3 cm³/mol. The first kappa shape index (κ1) is 14.9. The zero-order chi connectivity index (χ0) is 14.9. The summed E-state index contributed by atoms with van der Waals surface area (Å²) >= 11 is 6.05. The van der Waals surface area contributed by atoms with Crippen LogP contribution in [0.2, 0.25) is 5.02 Å². The molecule has 0 aromatic heterocycles. The van der Waals surface area contributed by atoms with Crippen molar-refractivity contribution < 1.29 is 9.53 Å². The summed E-state index contributed by atoms with van der Waals surface area (Å²) in [5, 5.41) is 0.649. The highest BCUT2D eigenvalue weighted by Crippen LogP contribution is 2.35. The summed E-state index contributed by atoms with van der Waals surface area (Å²) in [5.74, 6) is 0. The van der Waals surface area contributed by atoms with Gasteiger partial charge in [-0.2, -0.15) is 0 Å². The molecule has 1 aliphatic heterocycles. The fraction of sp³-hybridized carbons (Fsp3) is 0.438. The zero-order valence-corrected chi connectivity index (χ0v) is 13.0. The van der Waals surface area contributed by atoms with E-state index < -0.39 is 5.60 Å². The van der Waals surface area contributed by atoms with Gasteiger partial charge in [0.1, 0.15) is 5.60 Å². The summed E-state index contributed by atoms with van der Waals surface area (Å²) in [6.07, 6.45) is 1.40. The van der Waals surface area contributed by atoms with Gasteiger partial charge in [0.25, 0.3) is 0 Å². The van der Waals surface area contributed by atoms with Crippen LogP contribution in [0.3, 0.4) is 0 Å². The van der Waals surface area contributed by atoms with Gasteiger partial charge in [-0.15, -0.1) is 0 Å². The van der Waals surface area contributed by atoms with Gasteiger partial charge in [0.05, 0.1) is 5.69 Å². The smallest absolute Gasteiger partial charge is 0.414 e. The number of carbonyl (C=O) groups excluding carboxylic acids is 1. The van der Waals surface area contributed by atoms with Crippen LogP contribution in [0.4, 0.5) is 10.5 Å². The van der Waals surface area contributed by atoms with Gasteiger partial charge >= 0.3 is 6.09 Å². The quantitative estimate of drug-likeness (QED) is 0.681. The number of benzene rings is 1. The van der Waals surface area contributed by atoms with Crippen molar-refractivity contribution in [3.63, 3.8) is 0 Å². The molecule has 1 aromatic carbocycles. The molecule has 1 aromatic rings.